The molecule has 0 saturated heterocycles. The molecule has 0 saturated carbocycles. The normalized spacial score (nSPS) is 10.8. The first-order valence-corrected chi connectivity index (χ1v) is 8.25. The van der Waals surface area contributed by atoms with Gasteiger partial charge in [-0.05, 0) is 28.8 Å². The molecule has 0 amide bonds. The second-order valence-electron chi connectivity index (χ2n) is 4.87. The van der Waals surface area contributed by atoms with E-state index in [1.54, 1.807) is 6.20 Å². The highest BCUT2D eigenvalue weighted by molar-refractivity contribution is 7.13. The molecule has 2 aromatic carbocycles. The van der Waals surface area contributed by atoms with Crippen LogP contribution < -0.4 is 5.32 Å². The zero-order valence-corrected chi connectivity index (χ0v) is 13.5. The molecule has 2 aromatic heterocycles. The fourth-order valence-electron chi connectivity index (χ4n) is 2.49. The monoisotopic (exact) mass is 338 g/mol. The van der Waals surface area contributed by atoms with E-state index in [2.05, 4.69) is 38.5 Å². The summed E-state index contributed by atoms with van der Waals surface area (Å²) < 4.78 is 0. The van der Waals surface area contributed by atoms with Gasteiger partial charge < -0.3 is 5.32 Å². The average Bonchev–Trinajstić information content (AvgIpc) is 3.08. The zero-order valence-electron chi connectivity index (χ0n) is 11.9. The molecule has 1 N–H and O–H groups in total. The smallest absolute Gasteiger partial charge is 0.224 e. The van der Waals surface area contributed by atoms with Gasteiger partial charge in [-0.3, -0.25) is 0 Å². The maximum atomic E-state index is 6.08. The molecule has 6 heteroatoms. The van der Waals surface area contributed by atoms with Crippen LogP contribution in [0.15, 0.2) is 60.1 Å². The Balaban J connectivity index is 1.97. The number of nitrogens with one attached hydrogen (secondary N) is 1. The van der Waals surface area contributed by atoms with Crippen molar-refractivity contribution in [3.63, 3.8) is 0 Å². The van der Waals surface area contributed by atoms with Crippen molar-refractivity contribution < 1.29 is 0 Å². The number of fused-ring (bicyclic) bond motifs is 1. The molecule has 0 radical (unpaired) electrons. The van der Waals surface area contributed by atoms with Gasteiger partial charge in [0.2, 0.25) is 5.28 Å². The van der Waals surface area contributed by atoms with Crippen LogP contribution in [0.2, 0.25) is 5.28 Å². The minimum atomic E-state index is 0.210. The van der Waals surface area contributed by atoms with Crippen molar-refractivity contribution in [3.8, 4) is 11.1 Å². The summed E-state index contributed by atoms with van der Waals surface area (Å²) in [5.74, 6) is 0.661. The van der Waals surface area contributed by atoms with Gasteiger partial charge in [0.1, 0.15) is 5.82 Å². The minimum absolute atomic E-state index is 0.210. The second kappa shape index (κ2) is 5.95. The number of hydrogen-bond acceptors (Lipinski definition) is 5. The van der Waals surface area contributed by atoms with Crippen molar-refractivity contribution >= 4 is 44.8 Å². The topological polar surface area (TPSA) is 50.7 Å². The molecule has 4 rings (SSSR count). The number of nitrogens with zero attached hydrogens (tertiary/aromatic N) is 3. The number of benzene rings is 2. The van der Waals surface area contributed by atoms with Crippen LogP contribution in [0.5, 0.6) is 0 Å². The number of hydrogen-bond donors (Lipinski definition) is 1. The lowest BCUT2D eigenvalue weighted by Gasteiger charge is -2.11. The molecule has 0 atom stereocenters. The summed E-state index contributed by atoms with van der Waals surface area (Å²) in [7, 11) is 0. The lowest BCUT2D eigenvalue weighted by atomic mass is 10.0. The standard InChI is InChI=1S/C17H11ClN4S/c18-16-20-13-8-4-7-12(11-5-2-1-3-6-11)14(13)15(21-16)22-17-19-9-10-23-17/h1-10H,(H,19,20,21,22). The molecular formula is C17H11ClN4S. The van der Waals surface area contributed by atoms with Crippen LogP contribution >= 0.6 is 22.9 Å². The predicted octanol–water partition coefficient (Wildman–Crippen LogP) is 5.15. The van der Waals surface area contributed by atoms with Crippen LogP contribution in [0, 0.1) is 0 Å². The Morgan fingerprint density at radius 3 is 2.61 bits per heavy atom. The van der Waals surface area contributed by atoms with Gasteiger partial charge in [-0.25, -0.2) is 9.97 Å². The molecule has 0 unspecified atom stereocenters. The Morgan fingerprint density at radius 2 is 1.83 bits per heavy atom. The Kier molecular flexibility index (Phi) is 3.65. The first kappa shape index (κ1) is 14.1. The predicted molar refractivity (Wildman–Crippen MR) is 95.4 cm³/mol. The van der Waals surface area contributed by atoms with E-state index in [-0.39, 0.29) is 5.28 Å². The number of thiazole rings is 1. The van der Waals surface area contributed by atoms with Crippen LogP contribution in [0.1, 0.15) is 0 Å². The third-order valence-electron chi connectivity index (χ3n) is 3.44. The summed E-state index contributed by atoms with van der Waals surface area (Å²) >= 11 is 7.59. The first-order valence-electron chi connectivity index (χ1n) is 6.99. The molecule has 0 aliphatic carbocycles. The summed E-state index contributed by atoms with van der Waals surface area (Å²) in [5, 5.41) is 7.06. The van der Waals surface area contributed by atoms with Gasteiger partial charge >= 0.3 is 0 Å². The van der Waals surface area contributed by atoms with E-state index in [4.69, 9.17) is 11.6 Å². The van der Waals surface area contributed by atoms with Crippen molar-refractivity contribution in [2.75, 3.05) is 5.32 Å². The van der Waals surface area contributed by atoms with Crippen molar-refractivity contribution in [3.05, 3.63) is 65.4 Å². The number of aromatic nitrogens is 3. The highest BCUT2D eigenvalue weighted by Gasteiger charge is 2.13. The molecule has 0 aliphatic rings. The van der Waals surface area contributed by atoms with Gasteiger partial charge in [0.15, 0.2) is 5.13 Å². The minimum Gasteiger partial charge on any atom is -0.316 e. The van der Waals surface area contributed by atoms with Crippen molar-refractivity contribution in [1.82, 2.24) is 15.0 Å². The first-order chi connectivity index (χ1) is 11.3. The van der Waals surface area contributed by atoms with E-state index in [9.17, 15) is 0 Å². The van der Waals surface area contributed by atoms with E-state index in [1.807, 2.05) is 35.7 Å². The number of halogens is 1. The Bertz CT molecular complexity index is 955. The van der Waals surface area contributed by atoms with E-state index in [1.165, 1.54) is 11.3 Å². The van der Waals surface area contributed by atoms with Gasteiger partial charge in [-0.1, -0.05) is 42.5 Å². The van der Waals surface area contributed by atoms with Crippen LogP contribution in [-0.2, 0) is 0 Å². The maximum absolute atomic E-state index is 6.08. The molecule has 0 spiro atoms. The third-order valence-corrected chi connectivity index (χ3v) is 4.30. The summed E-state index contributed by atoms with van der Waals surface area (Å²) in [6.07, 6.45) is 1.75. The molecule has 0 aliphatic heterocycles. The van der Waals surface area contributed by atoms with Gasteiger partial charge in [0, 0.05) is 11.6 Å². The highest BCUT2D eigenvalue weighted by Crippen LogP contribution is 2.34. The van der Waals surface area contributed by atoms with Crippen LogP contribution in [0.25, 0.3) is 22.0 Å². The van der Waals surface area contributed by atoms with E-state index < -0.39 is 0 Å². The van der Waals surface area contributed by atoms with Gasteiger partial charge in [-0.2, -0.15) is 4.98 Å². The molecule has 0 bridgehead atoms. The molecule has 23 heavy (non-hydrogen) atoms. The van der Waals surface area contributed by atoms with Crippen molar-refractivity contribution in [1.29, 1.82) is 0 Å². The molecular weight excluding hydrogens is 328 g/mol. The molecule has 2 heterocycles. The second-order valence-corrected chi connectivity index (χ2v) is 6.10. The van der Waals surface area contributed by atoms with E-state index >= 15 is 0 Å². The lowest BCUT2D eigenvalue weighted by Crippen LogP contribution is -1.98. The maximum Gasteiger partial charge on any atom is 0.224 e. The fourth-order valence-corrected chi connectivity index (χ4v) is 3.19. The summed E-state index contributed by atoms with van der Waals surface area (Å²) in [5.41, 5.74) is 2.95. The van der Waals surface area contributed by atoms with Crippen LogP contribution in [0.4, 0.5) is 10.9 Å². The Hall–Kier alpha value is -2.50. The number of anilines is 2. The zero-order chi connectivity index (χ0) is 15.6. The van der Waals surface area contributed by atoms with Crippen molar-refractivity contribution in [2.45, 2.75) is 0 Å². The number of rotatable bonds is 3. The summed E-state index contributed by atoms with van der Waals surface area (Å²) in [4.78, 5) is 13.0. The van der Waals surface area contributed by atoms with Gasteiger partial charge in [0.05, 0.1) is 10.9 Å². The quantitative estimate of drug-likeness (QED) is 0.525. The molecule has 0 fully saturated rings. The van der Waals surface area contributed by atoms with Crippen LogP contribution in [0.3, 0.4) is 0 Å². The average molecular weight is 339 g/mol. The fraction of sp³-hybridized carbons (Fsp3) is 0. The van der Waals surface area contributed by atoms with Gasteiger partial charge in [0.25, 0.3) is 0 Å². The lowest BCUT2D eigenvalue weighted by molar-refractivity contribution is 1.21. The summed E-state index contributed by atoms with van der Waals surface area (Å²) in [6.45, 7) is 0. The Morgan fingerprint density at radius 1 is 0.957 bits per heavy atom. The van der Waals surface area contributed by atoms with Crippen molar-refractivity contribution in [2.24, 2.45) is 0 Å². The largest absolute Gasteiger partial charge is 0.316 e. The summed E-state index contributed by atoms with van der Waals surface area (Å²) in [6, 6.07) is 16.1. The molecule has 4 aromatic rings. The van der Waals surface area contributed by atoms with Gasteiger partial charge in [-0.15, -0.1) is 11.3 Å². The highest BCUT2D eigenvalue weighted by atomic mass is 35.5. The van der Waals surface area contributed by atoms with E-state index in [0.717, 1.165) is 27.2 Å². The Labute approximate surface area is 141 Å². The SMILES string of the molecule is Clc1nc(Nc2nccs2)c2c(-c3ccccc3)cccc2n1. The van der Waals surface area contributed by atoms with E-state index in [0.29, 0.717) is 5.82 Å². The molecule has 4 nitrogen and oxygen atoms in total. The molecule has 112 valence electrons. The third kappa shape index (κ3) is 2.76. The van der Waals surface area contributed by atoms with Crippen LogP contribution in [-0.4, -0.2) is 15.0 Å².